The summed E-state index contributed by atoms with van der Waals surface area (Å²) in [6.07, 6.45) is 2.84. The third-order valence-corrected chi connectivity index (χ3v) is 5.27. The Hall–Kier alpha value is -2.15. The van der Waals surface area contributed by atoms with Crippen LogP contribution in [0.5, 0.6) is 0 Å². The van der Waals surface area contributed by atoms with Gasteiger partial charge in [-0.25, -0.2) is 9.37 Å². The molecule has 5 nitrogen and oxygen atoms in total. The number of aromatic nitrogens is 1. The largest absolute Gasteiger partial charge is 0.449 e. The van der Waals surface area contributed by atoms with E-state index in [1.165, 1.54) is 24.1 Å². The lowest BCUT2D eigenvalue weighted by atomic mass is 9.83. The normalized spacial score (nSPS) is 20.4. The first kappa shape index (κ1) is 17.7. The number of thioether (sulfide) groups is 1. The third-order valence-electron chi connectivity index (χ3n) is 4.48. The lowest BCUT2D eigenvalue weighted by Gasteiger charge is -2.33. The van der Waals surface area contributed by atoms with Gasteiger partial charge in [-0.2, -0.15) is 0 Å². The lowest BCUT2D eigenvalue weighted by molar-refractivity contribution is 0.0988. The monoisotopic (exact) mass is 361 g/mol. The summed E-state index contributed by atoms with van der Waals surface area (Å²) in [5.41, 5.74) is 6.73. The summed E-state index contributed by atoms with van der Waals surface area (Å²) in [7, 11) is 0. The van der Waals surface area contributed by atoms with Gasteiger partial charge in [0.05, 0.1) is 5.54 Å². The number of nitrogens with zero attached hydrogens (tertiary/aromatic N) is 2. The van der Waals surface area contributed by atoms with Gasteiger partial charge in [-0.1, -0.05) is 24.8 Å². The molecule has 132 valence electrons. The number of carbonyl (C=O) groups is 1. The van der Waals surface area contributed by atoms with Crippen LogP contribution in [0.2, 0.25) is 0 Å². The summed E-state index contributed by atoms with van der Waals surface area (Å²) >= 11 is 1.48. The van der Waals surface area contributed by atoms with Crippen LogP contribution >= 0.6 is 11.8 Å². The summed E-state index contributed by atoms with van der Waals surface area (Å²) < 4.78 is 19.6. The van der Waals surface area contributed by atoms with Gasteiger partial charge in [0.1, 0.15) is 17.8 Å². The minimum Gasteiger partial charge on any atom is -0.449 e. The van der Waals surface area contributed by atoms with E-state index in [4.69, 9.17) is 10.2 Å². The molecule has 0 amide bonds. The second kappa shape index (κ2) is 7.00. The van der Waals surface area contributed by atoms with Gasteiger partial charge in [0.15, 0.2) is 16.8 Å². The van der Waals surface area contributed by atoms with Crippen LogP contribution < -0.4 is 5.73 Å². The number of oxazole rings is 1. The van der Waals surface area contributed by atoms with Crippen LogP contribution in [0.3, 0.4) is 0 Å². The Kier molecular flexibility index (Phi) is 4.94. The Labute approximate surface area is 149 Å². The van der Waals surface area contributed by atoms with Crippen LogP contribution in [0.1, 0.15) is 47.3 Å². The van der Waals surface area contributed by atoms with Crippen LogP contribution in [0.4, 0.5) is 4.39 Å². The van der Waals surface area contributed by atoms with Crippen LogP contribution in [0.25, 0.3) is 0 Å². The van der Waals surface area contributed by atoms with Crippen LogP contribution in [-0.2, 0) is 12.0 Å². The molecule has 0 radical (unpaired) electrons. The zero-order chi connectivity index (χ0) is 18.0. The molecule has 0 saturated carbocycles. The SMILES string of the molecule is CC[C@@]1(c2cc(CC(=O)c3coc(C)n3)ccc2F)CCSC(N)=N1. The van der Waals surface area contributed by atoms with Gasteiger partial charge in [-0.05, 0) is 30.5 Å². The molecule has 0 unspecified atom stereocenters. The molecule has 0 aliphatic carbocycles. The molecule has 25 heavy (non-hydrogen) atoms. The van der Waals surface area contributed by atoms with E-state index in [2.05, 4.69) is 9.98 Å². The van der Waals surface area contributed by atoms with Gasteiger partial charge in [-0.3, -0.25) is 9.79 Å². The van der Waals surface area contributed by atoms with E-state index in [1.807, 2.05) is 6.92 Å². The molecule has 1 aromatic heterocycles. The summed E-state index contributed by atoms with van der Waals surface area (Å²) in [6, 6.07) is 4.75. The van der Waals surface area contributed by atoms with Crippen molar-refractivity contribution in [2.75, 3.05) is 5.75 Å². The zero-order valence-corrected chi connectivity index (χ0v) is 15.0. The van der Waals surface area contributed by atoms with Crippen molar-refractivity contribution in [1.29, 1.82) is 0 Å². The molecule has 0 saturated heterocycles. The highest BCUT2D eigenvalue weighted by molar-refractivity contribution is 8.13. The van der Waals surface area contributed by atoms with E-state index in [9.17, 15) is 9.18 Å². The minimum absolute atomic E-state index is 0.132. The average Bonchev–Trinajstić information content (AvgIpc) is 3.03. The number of rotatable bonds is 5. The summed E-state index contributed by atoms with van der Waals surface area (Å²) in [4.78, 5) is 20.9. The molecule has 1 aliphatic heterocycles. The highest BCUT2D eigenvalue weighted by Crippen LogP contribution is 2.39. The molecular weight excluding hydrogens is 341 g/mol. The molecule has 1 atom stereocenters. The number of aryl methyl sites for hydroxylation is 1. The van der Waals surface area contributed by atoms with Gasteiger partial charge in [0.25, 0.3) is 0 Å². The summed E-state index contributed by atoms with van der Waals surface area (Å²) in [5, 5.41) is 0.479. The number of hydrogen-bond donors (Lipinski definition) is 1. The standard InChI is InChI=1S/C18H20FN3O2S/c1-3-18(6-7-25-17(20)22-18)13-8-12(4-5-14(13)19)9-16(23)15-10-24-11(2)21-15/h4-5,8,10H,3,6-7,9H2,1-2H3,(H2,20,22)/t18-/m0/s1. The van der Waals surface area contributed by atoms with Gasteiger partial charge in [0, 0.05) is 24.7 Å². The lowest BCUT2D eigenvalue weighted by Crippen LogP contribution is -2.32. The quantitative estimate of drug-likeness (QED) is 0.823. The molecule has 3 rings (SSSR count). The Balaban J connectivity index is 1.93. The Morgan fingerprint density at radius 3 is 2.92 bits per heavy atom. The first-order chi connectivity index (χ1) is 11.9. The van der Waals surface area contributed by atoms with E-state index in [0.29, 0.717) is 29.5 Å². The number of halogens is 1. The number of aliphatic imine (C=N–C) groups is 1. The van der Waals surface area contributed by atoms with E-state index in [1.54, 1.807) is 19.1 Å². The second-order valence-corrected chi connectivity index (χ2v) is 7.21. The van der Waals surface area contributed by atoms with Crippen molar-refractivity contribution in [3.05, 3.63) is 53.0 Å². The third kappa shape index (κ3) is 3.61. The number of nitrogens with two attached hydrogens (primary N) is 1. The maximum absolute atomic E-state index is 14.5. The van der Waals surface area contributed by atoms with E-state index in [0.717, 1.165) is 11.3 Å². The molecule has 0 bridgehead atoms. The van der Waals surface area contributed by atoms with Crippen molar-refractivity contribution >= 4 is 22.7 Å². The molecule has 2 N–H and O–H groups in total. The summed E-state index contributed by atoms with van der Waals surface area (Å²) in [5.74, 6) is 0.753. The van der Waals surface area contributed by atoms with E-state index in [-0.39, 0.29) is 23.7 Å². The zero-order valence-electron chi connectivity index (χ0n) is 14.2. The van der Waals surface area contributed by atoms with Crippen molar-refractivity contribution in [2.45, 2.75) is 38.6 Å². The molecule has 0 fully saturated rings. The van der Waals surface area contributed by atoms with Crippen molar-refractivity contribution < 1.29 is 13.6 Å². The highest BCUT2D eigenvalue weighted by Gasteiger charge is 2.35. The number of Topliss-reactive ketones (excluding diaryl/α,β-unsaturated/α-hetero) is 1. The maximum atomic E-state index is 14.5. The predicted octanol–water partition coefficient (Wildman–Crippen LogP) is 3.60. The van der Waals surface area contributed by atoms with Gasteiger partial charge < -0.3 is 10.2 Å². The number of amidine groups is 1. The van der Waals surface area contributed by atoms with Crippen LogP contribution in [0.15, 0.2) is 33.9 Å². The molecule has 2 aromatic rings. The predicted molar refractivity (Wildman–Crippen MR) is 96.3 cm³/mol. The first-order valence-electron chi connectivity index (χ1n) is 8.16. The topological polar surface area (TPSA) is 81.5 Å². The molecule has 1 aromatic carbocycles. The Morgan fingerprint density at radius 2 is 2.28 bits per heavy atom. The molecule has 2 heterocycles. The Morgan fingerprint density at radius 1 is 1.48 bits per heavy atom. The fourth-order valence-electron chi connectivity index (χ4n) is 3.07. The Bertz CT molecular complexity index is 833. The van der Waals surface area contributed by atoms with Crippen molar-refractivity contribution in [2.24, 2.45) is 10.7 Å². The molecule has 0 spiro atoms. The fourth-order valence-corrected chi connectivity index (χ4v) is 3.96. The van der Waals surface area contributed by atoms with Crippen molar-refractivity contribution in [3.63, 3.8) is 0 Å². The highest BCUT2D eigenvalue weighted by atomic mass is 32.2. The second-order valence-electron chi connectivity index (χ2n) is 6.10. The number of carbonyl (C=O) groups excluding carboxylic acids is 1. The van der Waals surface area contributed by atoms with E-state index >= 15 is 0 Å². The average molecular weight is 361 g/mol. The number of benzene rings is 1. The molecule has 1 aliphatic rings. The van der Waals surface area contributed by atoms with Crippen LogP contribution in [-0.4, -0.2) is 21.7 Å². The maximum Gasteiger partial charge on any atom is 0.191 e. The number of ketones is 1. The summed E-state index contributed by atoms with van der Waals surface area (Å²) in [6.45, 7) is 3.66. The van der Waals surface area contributed by atoms with Gasteiger partial charge in [0.2, 0.25) is 0 Å². The molecule has 7 heteroatoms. The van der Waals surface area contributed by atoms with E-state index < -0.39 is 5.54 Å². The first-order valence-corrected chi connectivity index (χ1v) is 9.14. The van der Waals surface area contributed by atoms with Crippen molar-refractivity contribution in [3.8, 4) is 0 Å². The van der Waals surface area contributed by atoms with Gasteiger partial charge in [-0.15, -0.1) is 0 Å². The number of hydrogen-bond acceptors (Lipinski definition) is 6. The minimum atomic E-state index is -0.664. The fraction of sp³-hybridized carbons (Fsp3) is 0.389. The van der Waals surface area contributed by atoms with Crippen LogP contribution in [0, 0.1) is 12.7 Å². The van der Waals surface area contributed by atoms with Crippen molar-refractivity contribution in [1.82, 2.24) is 4.98 Å². The smallest absolute Gasteiger partial charge is 0.191 e. The van der Waals surface area contributed by atoms with Gasteiger partial charge >= 0.3 is 0 Å². The molecular formula is C18H20FN3O2S.